The quantitative estimate of drug-likeness (QED) is 0.301. The zero-order chi connectivity index (χ0) is 34.0. The van der Waals surface area contributed by atoms with Gasteiger partial charge in [-0.1, -0.05) is 43.7 Å². The third kappa shape index (κ3) is 6.69. The van der Waals surface area contributed by atoms with Crippen LogP contribution < -0.4 is 0 Å². The molecule has 0 spiro atoms. The Labute approximate surface area is 283 Å². The van der Waals surface area contributed by atoms with Crippen LogP contribution in [-0.4, -0.2) is 64.8 Å². The number of sulfone groups is 1. The van der Waals surface area contributed by atoms with Gasteiger partial charge in [-0.3, -0.25) is 0 Å². The van der Waals surface area contributed by atoms with Crippen LogP contribution in [0.15, 0.2) is 46.9 Å². The average Bonchev–Trinajstić information content (AvgIpc) is 3.33. The van der Waals surface area contributed by atoms with Gasteiger partial charge in [-0.2, -0.15) is 0 Å². The van der Waals surface area contributed by atoms with E-state index in [4.69, 9.17) is 4.74 Å². The van der Waals surface area contributed by atoms with Crippen LogP contribution in [-0.2, 0) is 14.6 Å². The minimum Gasteiger partial charge on any atom is -0.444 e. The lowest BCUT2D eigenvalue weighted by Crippen LogP contribution is -2.52. The fourth-order valence-electron chi connectivity index (χ4n) is 10.8. The number of fused-ring (bicyclic) bond motifs is 5. The van der Waals surface area contributed by atoms with Crippen LogP contribution in [0.25, 0.3) is 0 Å². The third-order valence-corrected chi connectivity index (χ3v) is 15.8. The zero-order valence-corrected chi connectivity index (χ0v) is 30.4. The van der Waals surface area contributed by atoms with Crippen LogP contribution in [0.1, 0.15) is 119 Å². The Hall–Kier alpha value is -1.90. The smallest absolute Gasteiger partial charge is 0.410 e. The zero-order valence-electron chi connectivity index (χ0n) is 29.6. The lowest BCUT2D eigenvalue weighted by Gasteiger charge is -2.59. The Bertz CT molecular complexity index is 1460. The predicted molar refractivity (Wildman–Crippen MR) is 184 cm³/mol. The van der Waals surface area contributed by atoms with Crippen molar-refractivity contribution in [2.45, 2.75) is 146 Å². The molecule has 1 saturated heterocycles. The highest BCUT2D eigenvalue weighted by Gasteiger charge is 2.59. The summed E-state index contributed by atoms with van der Waals surface area (Å²) in [5, 5.41) is 22.1. The van der Waals surface area contributed by atoms with E-state index in [0.717, 1.165) is 51.4 Å². The van der Waals surface area contributed by atoms with E-state index in [1.807, 2.05) is 33.8 Å². The first-order valence-electron chi connectivity index (χ1n) is 18.3. The third-order valence-electron chi connectivity index (χ3n) is 13.6. The molecule has 7 unspecified atom stereocenters. The van der Waals surface area contributed by atoms with Gasteiger partial charge in [0, 0.05) is 13.1 Å². The summed E-state index contributed by atoms with van der Waals surface area (Å²) in [5.41, 5.74) is -0.678. The number of rotatable bonds is 6. The van der Waals surface area contributed by atoms with Gasteiger partial charge in [0.1, 0.15) is 5.60 Å². The van der Waals surface area contributed by atoms with Crippen LogP contribution in [0.4, 0.5) is 4.79 Å². The maximum atomic E-state index is 14.4. The maximum Gasteiger partial charge on any atom is 0.410 e. The van der Waals surface area contributed by atoms with Crippen LogP contribution in [0, 0.1) is 34.5 Å². The molecular weight excluding hydrogens is 610 g/mol. The molecule has 262 valence electrons. The Morgan fingerprint density at radius 1 is 0.957 bits per heavy atom. The van der Waals surface area contributed by atoms with Gasteiger partial charge in [0.2, 0.25) is 0 Å². The molecular formula is C39H59NO6S. The molecule has 0 radical (unpaired) electrons. The highest BCUT2D eigenvalue weighted by atomic mass is 32.2. The normalized spacial score (nSPS) is 37.6. The molecule has 1 heterocycles. The van der Waals surface area contributed by atoms with E-state index >= 15 is 0 Å². The van der Waals surface area contributed by atoms with Crippen molar-refractivity contribution in [2.75, 3.05) is 13.1 Å². The van der Waals surface area contributed by atoms with Crippen molar-refractivity contribution in [1.29, 1.82) is 0 Å². The Kier molecular flexibility index (Phi) is 9.04. The van der Waals surface area contributed by atoms with E-state index in [1.165, 1.54) is 5.57 Å². The van der Waals surface area contributed by atoms with E-state index in [2.05, 4.69) is 19.9 Å². The molecule has 4 aliphatic carbocycles. The second-order valence-electron chi connectivity index (χ2n) is 17.9. The summed E-state index contributed by atoms with van der Waals surface area (Å²) in [6.07, 6.45) is 11.7. The minimum atomic E-state index is -3.70. The van der Waals surface area contributed by atoms with E-state index in [1.54, 1.807) is 29.2 Å². The number of hydrogen-bond acceptors (Lipinski definition) is 6. The summed E-state index contributed by atoms with van der Waals surface area (Å²) >= 11 is 0. The molecule has 2 N–H and O–H groups in total. The first-order chi connectivity index (χ1) is 21.9. The van der Waals surface area contributed by atoms with E-state index in [0.29, 0.717) is 55.0 Å². The SMILES string of the molecule is CC(C)(C)OC(=O)N1CCC(O)(CC(CC2CCC3C4CC=C5C[C@@](C)(O)CCC5(C)C4CCC23C)S(=O)(=O)c2ccccc2)CC1. The molecule has 8 heteroatoms. The average molecular weight is 670 g/mol. The molecule has 4 fully saturated rings. The number of allylic oxidation sites excluding steroid dienone is 1. The number of amides is 1. The molecule has 1 aromatic carbocycles. The van der Waals surface area contributed by atoms with Crippen molar-refractivity contribution in [1.82, 2.24) is 4.90 Å². The molecule has 3 saturated carbocycles. The Morgan fingerprint density at radius 2 is 1.64 bits per heavy atom. The summed E-state index contributed by atoms with van der Waals surface area (Å²) in [6, 6.07) is 8.78. The van der Waals surface area contributed by atoms with Crippen LogP contribution in [0.5, 0.6) is 0 Å². The predicted octanol–water partition coefficient (Wildman–Crippen LogP) is 7.70. The van der Waals surface area contributed by atoms with Gasteiger partial charge in [0.25, 0.3) is 0 Å². The number of piperidine rings is 1. The minimum absolute atomic E-state index is 0.0657. The number of carbonyl (C=O) groups is 1. The lowest BCUT2D eigenvalue weighted by atomic mass is 9.46. The summed E-state index contributed by atoms with van der Waals surface area (Å²) in [6.45, 7) is 13.1. The number of likely N-dealkylation sites (tertiary alicyclic amines) is 1. The number of carbonyl (C=O) groups excluding carboxylic acids is 1. The number of nitrogens with zero attached hydrogens (tertiary/aromatic N) is 1. The standard InChI is InChI=1S/C39H59NO6S/c1-35(2,3)46-34(41)40-22-20-39(43,21-23-40)26-30(47(44,45)29-10-8-7-9-11-29)24-27-13-15-32-31-14-12-28-25-36(4,42)18-19-38(28,6)33(31)16-17-37(27,32)5/h7-12,27,30-33,42-43H,13-26H2,1-6H3/t27?,30?,31?,32?,33?,36-,37?,38?/m0/s1. The van der Waals surface area contributed by atoms with Crippen molar-refractivity contribution in [3.8, 4) is 0 Å². The second-order valence-corrected chi connectivity index (χ2v) is 20.1. The highest BCUT2D eigenvalue weighted by Crippen LogP contribution is 2.67. The van der Waals surface area contributed by atoms with Gasteiger partial charge >= 0.3 is 6.09 Å². The number of aliphatic hydroxyl groups is 2. The number of benzene rings is 1. The molecule has 1 aliphatic heterocycles. The molecule has 0 bridgehead atoms. The molecule has 47 heavy (non-hydrogen) atoms. The summed E-state index contributed by atoms with van der Waals surface area (Å²) in [5.74, 6) is 2.05. The largest absolute Gasteiger partial charge is 0.444 e. The van der Waals surface area contributed by atoms with Crippen molar-refractivity contribution in [3.05, 3.63) is 42.0 Å². The van der Waals surface area contributed by atoms with Crippen LogP contribution in [0.2, 0.25) is 0 Å². The summed E-state index contributed by atoms with van der Waals surface area (Å²) < 4.78 is 34.3. The van der Waals surface area contributed by atoms with Gasteiger partial charge in [-0.25, -0.2) is 13.2 Å². The van der Waals surface area contributed by atoms with Gasteiger partial charge in [0.15, 0.2) is 9.84 Å². The van der Waals surface area contributed by atoms with E-state index < -0.39 is 31.9 Å². The fourth-order valence-corrected chi connectivity index (χ4v) is 12.7. The Morgan fingerprint density at radius 3 is 2.30 bits per heavy atom. The van der Waals surface area contributed by atoms with Crippen LogP contribution >= 0.6 is 0 Å². The fraction of sp³-hybridized carbons (Fsp3) is 0.769. The van der Waals surface area contributed by atoms with Crippen molar-refractivity contribution in [3.63, 3.8) is 0 Å². The van der Waals surface area contributed by atoms with Gasteiger partial charge in [-0.15, -0.1) is 0 Å². The molecule has 0 aromatic heterocycles. The molecule has 8 atom stereocenters. The van der Waals surface area contributed by atoms with Gasteiger partial charge in [0.05, 0.1) is 21.3 Å². The first-order valence-corrected chi connectivity index (χ1v) is 19.8. The van der Waals surface area contributed by atoms with Crippen molar-refractivity contribution < 1.29 is 28.2 Å². The first kappa shape index (κ1) is 34.9. The van der Waals surface area contributed by atoms with Crippen molar-refractivity contribution >= 4 is 15.9 Å². The molecule has 1 aromatic rings. The van der Waals surface area contributed by atoms with Crippen molar-refractivity contribution in [2.24, 2.45) is 34.5 Å². The molecule has 7 nitrogen and oxygen atoms in total. The van der Waals surface area contributed by atoms with E-state index in [-0.39, 0.29) is 29.3 Å². The number of ether oxygens (including phenoxy) is 1. The Balaban J connectivity index is 1.22. The second kappa shape index (κ2) is 12.2. The molecule has 6 rings (SSSR count). The van der Waals surface area contributed by atoms with Gasteiger partial charge in [-0.05, 0) is 151 Å². The monoisotopic (exact) mass is 669 g/mol. The molecule has 5 aliphatic rings. The summed E-state index contributed by atoms with van der Waals surface area (Å²) in [4.78, 5) is 14.7. The summed E-state index contributed by atoms with van der Waals surface area (Å²) in [7, 11) is -3.70. The highest BCUT2D eigenvalue weighted by molar-refractivity contribution is 7.92. The van der Waals surface area contributed by atoms with Crippen LogP contribution in [0.3, 0.4) is 0 Å². The lowest BCUT2D eigenvalue weighted by molar-refractivity contribution is -0.0672. The van der Waals surface area contributed by atoms with Gasteiger partial charge < -0.3 is 19.8 Å². The maximum absolute atomic E-state index is 14.4. The number of hydrogen-bond donors (Lipinski definition) is 2. The topological polar surface area (TPSA) is 104 Å². The molecule has 1 amide bonds. The van der Waals surface area contributed by atoms with E-state index in [9.17, 15) is 23.4 Å².